The smallest absolute Gasteiger partial charge is 0.131 e. The van der Waals surface area contributed by atoms with E-state index in [1.165, 1.54) is 6.21 Å². The van der Waals surface area contributed by atoms with Gasteiger partial charge in [-0.3, -0.25) is 10.9 Å². The number of hydrogen-bond donors (Lipinski definition) is 4. The number of ether oxygens (including phenoxy) is 1. The second kappa shape index (κ2) is 8.39. The van der Waals surface area contributed by atoms with Gasteiger partial charge in [0.1, 0.15) is 24.0 Å². The van der Waals surface area contributed by atoms with Crippen molar-refractivity contribution in [2.75, 3.05) is 17.5 Å². The molecule has 0 bridgehead atoms. The molecule has 1 aliphatic heterocycles. The molecule has 25 heavy (non-hydrogen) atoms. The molecule has 7 heteroatoms. The van der Waals surface area contributed by atoms with E-state index >= 15 is 0 Å². The van der Waals surface area contributed by atoms with E-state index < -0.39 is 18.3 Å². The molecule has 3 rings (SSSR count). The topological polar surface area (TPSA) is 98.5 Å². The first kappa shape index (κ1) is 17.1. The fourth-order valence-corrected chi connectivity index (χ4v) is 2.35. The van der Waals surface area contributed by atoms with Gasteiger partial charge in [0, 0.05) is 0 Å². The van der Waals surface area contributed by atoms with Gasteiger partial charge in [0.05, 0.1) is 24.2 Å². The summed E-state index contributed by atoms with van der Waals surface area (Å²) < 4.78 is 5.44. The van der Waals surface area contributed by atoms with Crippen LogP contribution in [-0.2, 0) is 4.74 Å². The Hall–Kier alpha value is -2.74. The fourth-order valence-electron chi connectivity index (χ4n) is 2.35. The Kier molecular flexibility index (Phi) is 5.73. The molecule has 0 saturated carbocycles. The normalized spacial score (nSPS) is 23.8. The van der Waals surface area contributed by atoms with Crippen LogP contribution in [0.5, 0.6) is 0 Å². The Morgan fingerprint density at radius 3 is 2.12 bits per heavy atom. The Bertz CT molecular complexity index is 722. The van der Waals surface area contributed by atoms with Gasteiger partial charge in [-0.2, -0.15) is 10.2 Å². The molecule has 1 aliphatic rings. The third kappa shape index (κ3) is 4.63. The molecule has 4 N–H and O–H groups in total. The van der Waals surface area contributed by atoms with Crippen LogP contribution < -0.4 is 10.9 Å². The van der Waals surface area contributed by atoms with Crippen molar-refractivity contribution in [2.24, 2.45) is 10.2 Å². The van der Waals surface area contributed by atoms with Crippen molar-refractivity contribution in [2.45, 2.75) is 18.3 Å². The van der Waals surface area contributed by atoms with Gasteiger partial charge >= 0.3 is 0 Å². The minimum absolute atomic E-state index is 0.0517. The monoisotopic (exact) mass is 340 g/mol. The van der Waals surface area contributed by atoms with Gasteiger partial charge < -0.3 is 14.9 Å². The molecular weight excluding hydrogens is 320 g/mol. The molecule has 1 saturated heterocycles. The van der Waals surface area contributed by atoms with Crippen LogP contribution in [0.4, 0.5) is 11.4 Å². The molecule has 2 aromatic carbocycles. The van der Waals surface area contributed by atoms with Crippen molar-refractivity contribution in [3.8, 4) is 0 Å². The lowest BCUT2D eigenvalue weighted by Gasteiger charge is -2.15. The molecule has 0 aromatic heterocycles. The highest BCUT2D eigenvalue weighted by atomic mass is 16.5. The number of benzene rings is 2. The van der Waals surface area contributed by atoms with Crippen molar-refractivity contribution in [1.29, 1.82) is 0 Å². The van der Waals surface area contributed by atoms with E-state index in [1.807, 2.05) is 60.7 Å². The van der Waals surface area contributed by atoms with Crippen molar-refractivity contribution in [1.82, 2.24) is 0 Å². The summed E-state index contributed by atoms with van der Waals surface area (Å²) in [6, 6.07) is 18.8. The Balaban J connectivity index is 1.74. The van der Waals surface area contributed by atoms with Crippen molar-refractivity contribution < 1.29 is 14.9 Å². The molecule has 3 atom stereocenters. The summed E-state index contributed by atoms with van der Waals surface area (Å²) in [5.41, 5.74) is 7.77. The first-order chi connectivity index (χ1) is 12.2. The zero-order valence-corrected chi connectivity index (χ0v) is 13.5. The Morgan fingerprint density at radius 1 is 0.960 bits per heavy atom. The zero-order chi connectivity index (χ0) is 17.5. The predicted octanol–water partition coefficient (Wildman–Crippen LogP) is 1.67. The summed E-state index contributed by atoms with van der Waals surface area (Å²) in [4.78, 5) is 0. The van der Waals surface area contributed by atoms with Crippen LogP contribution in [0, 0.1) is 0 Å². The predicted molar refractivity (Wildman–Crippen MR) is 97.8 cm³/mol. The molecule has 0 amide bonds. The molecule has 130 valence electrons. The molecule has 0 unspecified atom stereocenters. The fraction of sp³-hybridized carbons (Fsp3) is 0.222. The first-order valence-corrected chi connectivity index (χ1v) is 7.94. The highest BCUT2D eigenvalue weighted by molar-refractivity contribution is 6.33. The number of para-hydroxylation sites is 2. The van der Waals surface area contributed by atoms with E-state index in [2.05, 4.69) is 21.1 Å². The van der Waals surface area contributed by atoms with Crippen molar-refractivity contribution in [3.05, 3.63) is 60.7 Å². The summed E-state index contributed by atoms with van der Waals surface area (Å²) in [5.74, 6) is 0. The molecule has 0 aliphatic carbocycles. The summed E-state index contributed by atoms with van der Waals surface area (Å²) in [6.07, 6.45) is -1.29. The molecule has 1 heterocycles. The quantitative estimate of drug-likeness (QED) is 0.474. The Labute approximate surface area is 145 Å². The lowest BCUT2D eigenvalue weighted by molar-refractivity contribution is 0.0476. The summed E-state index contributed by atoms with van der Waals surface area (Å²) in [7, 11) is 0. The highest BCUT2D eigenvalue weighted by Crippen LogP contribution is 2.16. The number of anilines is 2. The number of hydrogen-bond acceptors (Lipinski definition) is 7. The largest absolute Gasteiger partial charge is 0.388 e. The van der Waals surface area contributed by atoms with Gasteiger partial charge in [-0.1, -0.05) is 36.4 Å². The van der Waals surface area contributed by atoms with Gasteiger partial charge in [-0.05, 0) is 24.3 Å². The summed E-state index contributed by atoms with van der Waals surface area (Å²) in [6.45, 7) is 0.0517. The standard InChI is InChI=1S/C18H20N4O3/c23-16-12-25-18(17(16)24)15(22-21-14-9-5-2-6-10-14)11-19-20-13-7-3-1-4-8-13/h1-11,16-18,20-21,23-24H,12H2/t16-,17+,18-/m0/s1. The van der Waals surface area contributed by atoms with Crippen LogP contribution in [0.1, 0.15) is 0 Å². The van der Waals surface area contributed by atoms with Gasteiger partial charge in [0.15, 0.2) is 0 Å². The number of aliphatic hydroxyl groups excluding tert-OH is 2. The van der Waals surface area contributed by atoms with Crippen molar-refractivity contribution in [3.63, 3.8) is 0 Å². The minimum Gasteiger partial charge on any atom is -0.388 e. The van der Waals surface area contributed by atoms with Crippen LogP contribution in [0.25, 0.3) is 0 Å². The van der Waals surface area contributed by atoms with Crippen LogP contribution in [0.15, 0.2) is 70.9 Å². The van der Waals surface area contributed by atoms with E-state index in [9.17, 15) is 10.2 Å². The van der Waals surface area contributed by atoms with Crippen LogP contribution in [0.2, 0.25) is 0 Å². The number of hydrazone groups is 2. The van der Waals surface area contributed by atoms with E-state index in [4.69, 9.17) is 4.74 Å². The molecule has 7 nitrogen and oxygen atoms in total. The zero-order valence-electron chi connectivity index (χ0n) is 13.5. The Morgan fingerprint density at radius 2 is 1.56 bits per heavy atom. The number of rotatable bonds is 6. The second-order valence-corrected chi connectivity index (χ2v) is 5.56. The third-order valence-electron chi connectivity index (χ3n) is 3.69. The van der Waals surface area contributed by atoms with Crippen molar-refractivity contribution >= 4 is 23.3 Å². The minimum atomic E-state index is -1.06. The molecule has 2 aromatic rings. The van der Waals surface area contributed by atoms with Crippen LogP contribution >= 0.6 is 0 Å². The summed E-state index contributed by atoms with van der Waals surface area (Å²) in [5, 5.41) is 28.2. The summed E-state index contributed by atoms with van der Waals surface area (Å²) >= 11 is 0. The lowest BCUT2D eigenvalue weighted by atomic mass is 10.1. The second-order valence-electron chi connectivity index (χ2n) is 5.56. The van der Waals surface area contributed by atoms with Gasteiger partial charge in [0.25, 0.3) is 0 Å². The van der Waals surface area contributed by atoms with E-state index in [0.717, 1.165) is 11.4 Å². The maximum absolute atomic E-state index is 10.1. The van der Waals surface area contributed by atoms with Gasteiger partial charge in [-0.25, -0.2) is 0 Å². The number of nitrogens with one attached hydrogen (secondary N) is 2. The van der Waals surface area contributed by atoms with Gasteiger partial charge in [-0.15, -0.1) is 0 Å². The molecule has 1 fully saturated rings. The van der Waals surface area contributed by atoms with E-state index in [-0.39, 0.29) is 6.61 Å². The van der Waals surface area contributed by atoms with Gasteiger partial charge in [0.2, 0.25) is 0 Å². The highest BCUT2D eigenvalue weighted by Gasteiger charge is 2.37. The van der Waals surface area contributed by atoms with E-state index in [1.54, 1.807) is 0 Å². The average molecular weight is 340 g/mol. The lowest BCUT2D eigenvalue weighted by Crippen LogP contribution is -2.37. The van der Waals surface area contributed by atoms with Crippen LogP contribution in [0.3, 0.4) is 0 Å². The van der Waals surface area contributed by atoms with E-state index in [0.29, 0.717) is 5.71 Å². The molecule has 0 spiro atoms. The number of aliphatic hydroxyl groups is 2. The third-order valence-corrected chi connectivity index (χ3v) is 3.69. The maximum atomic E-state index is 10.1. The molecular formula is C18H20N4O3. The molecule has 0 radical (unpaired) electrons. The van der Waals surface area contributed by atoms with Crippen LogP contribution in [-0.4, -0.2) is 47.1 Å². The number of nitrogens with zero attached hydrogens (tertiary/aromatic N) is 2. The SMILES string of the molecule is O[C@@H]1[C@@H](O)CO[C@H]1C(C=NNc1ccccc1)=NNc1ccccc1. The maximum Gasteiger partial charge on any atom is 0.131 e. The average Bonchev–Trinajstić information content (AvgIpc) is 2.99. The first-order valence-electron chi connectivity index (χ1n) is 7.94.